The van der Waals surface area contributed by atoms with Gasteiger partial charge < -0.3 is 5.73 Å². The van der Waals surface area contributed by atoms with Crippen molar-refractivity contribution in [3.8, 4) is 0 Å². The molecular weight excluding hydrogens is 262 g/mol. The van der Waals surface area contributed by atoms with E-state index in [1.807, 2.05) is 0 Å². The molecule has 2 N–H and O–H groups in total. The highest BCUT2D eigenvalue weighted by Crippen LogP contribution is 2.22. The predicted molar refractivity (Wildman–Crippen MR) is 82.1 cm³/mol. The Morgan fingerprint density at radius 3 is 2.78 bits per heavy atom. The van der Waals surface area contributed by atoms with Gasteiger partial charge in [0.1, 0.15) is 15.7 Å². The van der Waals surface area contributed by atoms with Crippen LogP contribution in [-0.4, -0.2) is 20.7 Å². The fourth-order valence-corrected chi connectivity index (χ4v) is 2.66. The van der Waals surface area contributed by atoms with Crippen LogP contribution in [0.5, 0.6) is 0 Å². The highest BCUT2D eigenvalue weighted by Gasteiger charge is 2.11. The zero-order valence-corrected chi connectivity index (χ0v) is 12.9. The second-order valence-corrected chi connectivity index (χ2v) is 6.19. The molecule has 18 heavy (non-hydrogen) atoms. The van der Waals surface area contributed by atoms with Crippen molar-refractivity contribution in [2.75, 3.05) is 5.75 Å². The minimum atomic E-state index is 0.316. The Morgan fingerprint density at radius 1 is 1.50 bits per heavy atom. The molecule has 5 heteroatoms. The van der Waals surface area contributed by atoms with E-state index in [0.717, 1.165) is 22.9 Å². The molecule has 0 aliphatic heterocycles. The number of hydrogen-bond acceptors (Lipinski definition) is 4. The molecule has 0 bridgehead atoms. The minimum absolute atomic E-state index is 0.316. The van der Waals surface area contributed by atoms with E-state index in [-0.39, 0.29) is 0 Å². The van der Waals surface area contributed by atoms with E-state index in [9.17, 15) is 0 Å². The van der Waals surface area contributed by atoms with Crippen LogP contribution in [-0.2, 0) is 6.42 Å². The number of aromatic nitrogens is 2. The van der Waals surface area contributed by atoms with Crippen LogP contribution in [0.25, 0.3) is 0 Å². The van der Waals surface area contributed by atoms with Crippen molar-refractivity contribution in [2.24, 2.45) is 11.7 Å². The van der Waals surface area contributed by atoms with Crippen molar-refractivity contribution in [3.05, 3.63) is 17.6 Å². The Morgan fingerprint density at radius 2 is 2.22 bits per heavy atom. The predicted octanol–water partition coefficient (Wildman–Crippen LogP) is 3.20. The van der Waals surface area contributed by atoms with Gasteiger partial charge >= 0.3 is 0 Å². The molecule has 0 spiro atoms. The lowest BCUT2D eigenvalue weighted by Crippen LogP contribution is -2.14. The number of thiocarbonyl (C=S) groups is 1. The number of thioether (sulfide) groups is 1. The Bertz CT molecular complexity index is 405. The van der Waals surface area contributed by atoms with E-state index in [4.69, 9.17) is 18.0 Å². The molecule has 0 aromatic carbocycles. The van der Waals surface area contributed by atoms with E-state index in [0.29, 0.717) is 16.6 Å². The lowest BCUT2D eigenvalue weighted by atomic mass is 10.1. The Labute approximate surface area is 119 Å². The highest BCUT2D eigenvalue weighted by atomic mass is 32.2. The molecule has 100 valence electrons. The molecular formula is C13H21N3S2. The van der Waals surface area contributed by atoms with E-state index in [1.54, 1.807) is 18.0 Å². The molecule has 1 heterocycles. The molecule has 0 saturated carbocycles. The van der Waals surface area contributed by atoms with Gasteiger partial charge in [0, 0.05) is 0 Å². The van der Waals surface area contributed by atoms with Gasteiger partial charge in [0.25, 0.3) is 0 Å². The first-order chi connectivity index (χ1) is 8.54. The van der Waals surface area contributed by atoms with E-state index in [1.165, 1.54) is 12.8 Å². The summed E-state index contributed by atoms with van der Waals surface area (Å²) in [5, 5.41) is 0.988. The second-order valence-electron chi connectivity index (χ2n) is 4.67. The number of nitrogens with zero attached hydrogens (tertiary/aromatic N) is 2. The fourth-order valence-electron chi connectivity index (χ4n) is 1.47. The van der Waals surface area contributed by atoms with Crippen molar-refractivity contribution < 1.29 is 0 Å². The molecule has 0 radical (unpaired) electrons. The van der Waals surface area contributed by atoms with Gasteiger partial charge in [0.05, 0.1) is 11.9 Å². The second kappa shape index (κ2) is 7.69. The van der Waals surface area contributed by atoms with Gasteiger partial charge in [-0.3, -0.25) is 4.98 Å². The first-order valence-corrected chi connectivity index (χ1v) is 7.72. The average molecular weight is 283 g/mol. The largest absolute Gasteiger partial charge is 0.388 e. The van der Waals surface area contributed by atoms with Crippen LogP contribution in [0.1, 0.15) is 45.0 Å². The van der Waals surface area contributed by atoms with Gasteiger partial charge in [-0.1, -0.05) is 39.4 Å². The van der Waals surface area contributed by atoms with Crippen LogP contribution in [0.3, 0.4) is 0 Å². The lowest BCUT2D eigenvalue weighted by molar-refractivity contribution is 0.621. The zero-order valence-electron chi connectivity index (χ0n) is 11.3. The summed E-state index contributed by atoms with van der Waals surface area (Å²) < 4.78 is 0. The van der Waals surface area contributed by atoms with Gasteiger partial charge in [0.15, 0.2) is 0 Å². The maximum atomic E-state index is 5.61. The number of nitrogens with two attached hydrogens (primary N) is 1. The SMILES string of the molecule is CCCCSc1nc(C(N)=S)cnc1CC(C)C. The fraction of sp³-hybridized carbons (Fsp3) is 0.615. The van der Waals surface area contributed by atoms with Crippen molar-refractivity contribution in [2.45, 2.75) is 45.1 Å². The number of rotatable bonds is 7. The van der Waals surface area contributed by atoms with Crippen LogP contribution in [0.4, 0.5) is 0 Å². The van der Waals surface area contributed by atoms with Crippen molar-refractivity contribution in [3.63, 3.8) is 0 Å². The van der Waals surface area contributed by atoms with Crippen molar-refractivity contribution in [1.29, 1.82) is 0 Å². The van der Waals surface area contributed by atoms with Crippen molar-refractivity contribution in [1.82, 2.24) is 9.97 Å². The first kappa shape index (κ1) is 15.4. The zero-order chi connectivity index (χ0) is 13.5. The molecule has 0 aliphatic rings. The average Bonchev–Trinajstić information content (AvgIpc) is 2.30. The minimum Gasteiger partial charge on any atom is -0.388 e. The smallest absolute Gasteiger partial charge is 0.124 e. The summed E-state index contributed by atoms with van der Waals surface area (Å²) in [5.74, 6) is 1.64. The normalized spacial score (nSPS) is 10.9. The third-order valence-electron chi connectivity index (χ3n) is 2.40. The van der Waals surface area contributed by atoms with E-state index < -0.39 is 0 Å². The molecule has 0 amide bonds. The summed E-state index contributed by atoms with van der Waals surface area (Å²) in [7, 11) is 0. The van der Waals surface area contributed by atoms with Crippen LogP contribution in [0.15, 0.2) is 11.2 Å². The highest BCUT2D eigenvalue weighted by molar-refractivity contribution is 7.99. The molecule has 1 rings (SSSR count). The Hall–Kier alpha value is -0.680. The number of unbranched alkanes of at least 4 members (excludes halogenated alkanes) is 1. The molecule has 0 atom stereocenters. The number of hydrogen-bond donors (Lipinski definition) is 1. The Kier molecular flexibility index (Phi) is 6.57. The summed E-state index contributed by atoms with van der Waals surface area (Å²) >= 11 is 6.71. The molecule has 1 aromatic rings. The van der Waals surface area contributed by atoms with Crippen LogP contribution in [0.2, 0.25) is 0 Å². The van der Waals surface area contributed by atoms with Gasteiger partial charge in [0.2, 0.25) is 0 Å². The maximum absolute atomic E-state index is 5.61. The molecule has 0 saturated heterocycles. The summed E-state index contributed by atoms with van der Waals surface area (Å²) in [6.45, 7) is 6.56. The van der Waals surface area contributed by atoms with Gasteiger partial charge in [-0.05, 0) is 24.5 Å². The summed E-state index contributed by atoms with van der Waals surface area (Å²) in [4.78, 5) is 9.31. The Balaban J connectivity index is 2.90. The first-order valence-electron chi connectivity index (χ1n) is 6.33. The molecule has 3 nitrogen and oxygen atoms in total. The third-order valence-corrected chi connectivity index (χ3v) is 3.70. The van der Waals surface area contributed by atoms with Crippen LogP contribution in [0, 0.1) is 5.92 Å². The third kappa shape index (κ3) is 4.90. The van der Waals surface area contributed by atoms with E-state index in [2.05, 4.69) is 30.7 Å². The summed E-state index contributed by atoms with van der Waals surface area (Å²) in [6, 6.07) is 0. The topological polar surface area (TPSA) is 51.8 Å². The van der Waals surface area contributed by atoms with Gasteiger partial charge in [-0.25, -0.2) is 4.98 Å². The standard InChI is InChI=1S/C13H21N3S2/c1-4-5-6-18-13-10(7-9(2)3)15-8-11(16-13)12(14)17/h8-9H,4-7H2,1-3H3,(H2,14,17). The molecule has 0 unspecified atom stereocenters. The van der Waals surface area contributed by atoms with Crippen LogP contribution < -0.4 is 5.73 Å². The summed E-state index contributed by atoms with van der Waals surface area (Å²) in [6.07, 6.45) is 5.00. The van der Waals surface area contributed by atoms with E-state index >= 15 is 0 Å². The van der Waals surface area contributed by atoms with Gasteiger partial charge in [-0.2, -0.15) is 0 Å². The molecule has 0 fully saturated rings. The molecule has 0 aliphatic carbocycles. The maximum Gasteiger partial charge on any atom is 0.124 e. The van der Waals surface area contributed by atoms with Gasteiger partial charge in [-0.15, -0.1) is 11.8 Å². The summed E-state index contributed by atoms with van der Waals surface area (Å²) in [5.41, 5.74) is 7.29. The quantitative estimate of drug-likeness (QED) is 0.473. The van der Waals surface area contributed by atoms with Crippen LogP contribution >= 0.6 is 24.0 Å². The molecule has 1 aromatic heterocycles. The van der Waals surface area contributed by atoms with Crippen molar-refractivity contribution >= 4 is 29.0 Å². The monoisotopic (exact) mass is 283 g/mol. The lowest BCUT2D eigenvalue weighted by Gasteiger charge is -2.10.